The highest BCUT2D eigenvalue weighted by Gasteiger charge is 2.33. The Hall–Kier alpha value is -2.84. The van der Waals surface area contributed by atoms with E-state index < -0.39 is 35.9 Å². The van der Waals surface area contributed by atoms with Gasteiger partial charge in [-0.2, -0.15) is 23.3 Å². The fourth-order valence-corrected chi connectivity index (χ4v) is 3.60. The number of nitrogens with zero attached hydrogens (tertiary/aromatic N) is 3. The quantitative estimate of drug-likeness (QED) is 0.650. The lowest BCUT2D eigenvalue weighted by Gasteiger charge is -2.24. The molecular formula is C21H25F3N4O2. The van der Waals surface area contributed by atoms with Gasteiger partial charge in [0.15, 0.2) is 5.65 Å². The van der Waals surface area contributed by atoms with Crippen LogP contribution in [0.2, 0.25) is 0 Å². The van der Waals surface area contributed by atoms with E-state index in [2.05, 4.69) is 35.8 Å². The summed E-state index contributed by atoms with van der Waals surface area (Å²) in [6.45, 7) is 10.1. The number of hydrogen-bond donors (Lipinski definition) is 2. The Morgan fingerprint density at radius 1 is 1.13 bits per heavy atom. The minimum absolute atomic E-state index is 0.0508. The predicted molar refractivity (Wildman–Crippen MR) is 108 cm³/mol. The van der Waals surface area contributed by atoms with Gasteiger partial charge in [-0.05, 0) is 22.5 Å². The second-order valence-corrected chi connectivity index (χ2v) is 8.83. The van der Waals surface area contributed by atoms with Gasteiger partial charge in [-0.25, -0.2) is 4.68 Å². The molecule has 1 atom stereocenters. The minimum Gasteiger partial charge on any atom is -0.480 e. The molecule has 2 N–H and O–H groups in total. The summed E-state index contributed by atoms with van der Waals surface area (Å²) >= 11 is 0. The molecule has 162 valence electrons. The first-order chi connectivity index (χ1) is 13.8. The lowest BCUT2D eigenvalue weighted by Crippen LogP contribution is -2.20. The standard InChI is InChI=1S/C21H25F3N4O2/c1-11(2)16(12-6-8-13(9-7-12)20(3,4)5)28-17-15(18(29)26-19(30)25-17)14(27-28)10-21(22,23)24/h6-9,11,16H,10H2,1-5H3,(H2,25,26,29,30)/t16-/m1/s1. The summed E-state index contributed by atoms with van der Waals surface area (Å²) in [7, 11) is 0. The van der Waals surface area contributed by atoms with E-state index in [4.69, 9.17) is 0 Å². The molecule has 0 aliphatic carbocycles. The first kappa shape index (κ1) is 21.9. The number of aromatic hydroxyl groups is 1. The largest absolute Gasteiger partial charge is 0.480 e. The van der Waals surface area contributed by atoms with Crippen molar-refractivity contribution >= 4 is 11.0 Å². The fraction of sp³-hybridized carbons (Fsp3) is 0.476. The van der Waals surface area contributed by atoms with Crippen LogP contribution in [0.3, 0.4) is 0 Å². The zero-order valence-corrected chi connectivity index (χ0v) is 17.5. The number of rotatable bonds is 4. The van der Waals surface area contributed by atoms with Gasteiger partial charge in [0.05, 0.1) is 18.2 Å². The number of fused-ring (bicyclic) bond motifs is 1. The third kappa shape index (κ3) is 4.34. The molecule has 2 aromatic heterocycles. The molecule has 0 bridgehead atoms. The van der Waals surface area contributed by atoms with Crippen LogP contribution in [0.25, 0.3) is 11.0 Å². The van der Waals surface area contributed by atoms with E-state index >= 15 is 0 Å². The molecule has 0 fully saturated rings. The van der Waals surface area contributed by atoms with Crippen molar-refractivity contribution < 1.29 is 18.3 Å². The lowest BCUT2D eigenvalue weighted by atomic mass is 9.85. The van der Waals surface area contributed by atoms with E-state index in [1.165, 1.54) is 4.68 Å². The molecule has 0 saturated heterocycles. The van der Waals surface area contributed by atoms with Crippen molar-refractivity contribution in [2.45, 2.75) is 58.7 Å². The number of aromatic amines is 1. The zero-order chi connectivity index (χ0) is 22.4. The number of nitrogens with one attached hydrogen (secondary N) is 1. The van der Waals surface area contributed by atoms with Gasteiger partial charge in [-0.15, -0.1) is 0 Å². The topological polar surface area (TPSA) is 83.8 Å². The molecule has 0 unspecified atom stereocenters. The third-order valence-corrected chi connectivity index (χ3v) is 5.00. The van der Waals surface area contributed by atoms with Crippen molar-refractivity contribution in [3.8, 4) is 6.01 Å². The maximum atomic E-state index is 13.1. The van der Waals surface area contributed by atoms with E-state index in [0.717, 1.165) is 11.1 Å². The first-order valence-corrected chi connectivity index (χ1v) is 9.65. The van der Waals surface area contributed by atoms with Gasteiger partial charge in [0, 0.05) is 0 Å². The van der Waals surface area contributed by atoms with Crippen molar-refractivity contribution in [1.82, 2.24) is 19.7 Å². The average molecular weight is 422 g/mol. The summed E-state index contributed by atoms with van der Waals surface area (Å²) in [5.41, 5.74) is 0.544. The van der Waals surface area contributed by atoms with Gasteiger partial charge in [-0.1, -0.05) is 58.9 Å². The summed E-state index contributed by atoms with van der Waals surface area (Å²) in [5, 5.41) is 13.7. The maximum absolute atomic E-state index is 13.1. The molecular weight excluding hydrogens is 397 g/mol. The van der Waals surface area contributed by atoms with Crippen molar-refractivity contribution in [2.24, 2.45) is 5.92 Å². The highest BCUT2D eigenvalue weighted by Crippen LogP contribution is 2.33. The molecule has 0 saturated carbocycles. The van der Waals surface area contributed by atoms with Gasteiger partial charge >= 0.3 is 6.18 Å². The molecule has 1 aromatic carbocycles. The van der Waals surface area contributed by atoms with Crippen molar-refractivity contribution in [3.05, 3.63) is 51.4 Å². The molecule has 2 heterocycles. The number of hydrogen-bond acceptors (Lipinski definition) is 4. The molecule has 0 amide bonds. The average Bonchev–Trinajstić information content (AvgIpc) is 2.90. The molecule has 0 spiro atoms. The van der Waals surface area contributed by atoms with Crippen molar-refractivity contribution in [2.75, 3.05) is 0 Å². The maximum Gasteiger partial charge on any atom is 0.394 e. The predicted octanol–water partition coefficient (Wildman–Crippen LogP) is 4.47. The van der Waals surface area contributed by atoms with Gasteiger partial charge in [0.1, 0.15) is 5.39 Å². The van der Waals surface area contributed by atoms with Crippen LogP contribution in [0.1, 0.15) is 57.5 Å². The van der Waals surface area contributed by atoms with Crippen LogP contribution in [0, 0.1) is 5.92 Å². The monoisotopic (exact) mass is 422 g/mol. The molecule has 0 aliphatic heterocycles. The highest BCUT2D eigenvalue weighted by atomic mass is 19.4. The van der Waals surface area contributed by atoms with Gasteiger partial charge in [0.25, 0.3) is 11.6 Å². The molecule has 0 aliphatic rings. The van der Waals surface area contributed by atoms with Crippen LogP contribution in [-0.2, 0) is 11.8 Å². The van der Waals surface area contributed by atoms with Crippen molar-refractivity contribution in [3.63, 3.8) is 0 Å². The fourth-order valence-electron chi connectivity index (χ4n) is 3.60. The number of alkyl halides is 3. The minimum atomic E-state index is -4.54. The third-order valence-electron chi connectivity index (χ3n) is 5.00. The van der Waals surface area contributed by atoms with E-state index in [-0.39, 0.29) is 22.4 Å². The van der Waals surface area contributed by atoms with E-state index in [1.807, 2.05) is 38.1 Å². The molecule has 30 heavy (non-hydrogen) atoms. The smallest absolute Gasteiger partial charge is 0.394 e. The Morgan fingerprint density at radius 3 is 2.23 bits per heavy atom. The van der Waals surface area contributed by atoms with Crippen LogP contribution in [0.5, 0.6) is 6.01 Å². The Kier molecular flexibility index (Phi) is 5.43. The second kappa shape index (κ2) is 7.45. The number of H-pyrrole nitrogens is 1. The summed E-state index contributed by atoms with van der Waals surface area (Å²) in [6, 6.07) is 6.63. The number of benzene rings is 1. The molecule has 0 radical (unpaired) electrons. The zero-order valence-electron chi connectivity index (χ0n) is 17.5. The Morgan fingerprint density at radius 2 is 1.73 bits per heavy atom. The lowest BCUT2D eigenvalue weighted by molar-refractivity contribution is -0.127. The number of aromatic nitrogens is 4. The first-order valence-electron chi connectivity index (χ1n) is 9.65. The molecule has 6 nitrogen and oxygen atoms in total. The van der Waals surface area contributed by atoms with Crippen LogP contribution < -0.4 is 5.56 Å². The van der Waals surface area contributed by atoms with Crippen LogP contribution >= 0.6 is 0 Å². The highest BCUT2D eigenvalue weighted by molar-refractivity contribution is 5.78. The van der Waals surface area contributed by atoms with Crippen LogP contribution in [-0.4, -0.2) is 31.0 Å². The van der Waals surface area contributed by atoms with E-state index in [1.54, 1.807) is 0 Å². The van der Waals surface area contributed by atoms with E-state index in [9.17, 15) is 23.1 Å². The Labute approximate surface area is 171 Å². The van der Waals surface area contributed by atoms with E-state index in [0.29, 0.717) is 0 Å². The van der Waals surface area contributed by atoms with Gasteiger partial charge in [0.2, 0.25) is 0 Å². The molecule has 9 heteroatoms. The summed E-state index contributed by atoms with van der Waals surface area (Å²) in [4.78, 5) is 18.3. The normalized spacial score (nSPS) is 13.9. The van der Waals surface area contributed by atoms with Crippen molar-refractivity contribution in [1.29, 1.82) is 0 Å². The van der Waals surface area contributed by atoms with Gasteiger partial charge < -0.3 is 5.11 Å². The van der Waals surface area contributed by atoms with Crippen LogP contribution in [0.15, 0.2) is 29.1 Å². The second-order valence-electron chi connectivity index (χ2n) is 8.83. The van der Waals surface area contributed by atoms with Gasteiger partial charge in [-0.3, -0.25) is 9.78 Å². The Bertz CT molecular complexity index is 1110. The SMILES string of the molecule is CC(C)[C@H](c1ccc(C(C)(C)C)cc1)n1nc(CC(F)(F)F)c2c(=O)[nH]c(O)nc21. The summed E-state index contributed by atoms with van der Waals surface area (Å²) in [6.07, 6.45) is -5.90. The molecule has 3 aromatic rings. The number of halogens is 3. The van der Waals surface area contributed by atoms with Crippen LogP contribution in [0.4, 0.5) is 13.2 Å². The Balaban J connectivity index is 2.22. The summed E-state index contributed by atoms with van der Waals surface area (Å²) < 4.78 is 40.6. The summed E-state index contributed by atoms with van der Waals surface area (Å²) in [5.74, 6) is -0.0736. The molecule has 3 rings (SSSR count).